The van der Waals surface area contributed by atoms with Crippen LogP contribution >= 0.6 is 11.3 Å². The van der Waals surface area contributed by atoms with E-state index in [1.54, 1.807) is 11.3 Å². The zero-order chi connectivity index (χ0) is 14.7. The number of ether oxygens (including phenoxy) is 1. The number of carbonyl (C=O) groups is 1. The molecule has 3 rings (SSSR count). The molecule has 1 aliphatic heterocycles. The standard InChI is InChI=1S/C16H24N2O2S/c1-2-20-16(19)14-11-21-15(17-14)12-7-9-18(10-8-12)13-5-3-4-6-13/h11-13H,2-10H2,1H3. The lowest BCUT2D eigenvalue weighted by atomic mass is 9.96. The molecule has 2 fully saturated rings. The summed E-state index contributed by atoms with van der Waals surface area (Å²) in [5.41, 5.74) is 0.482. The van der Waals surface area contributed by atoms with Crippen LogP contribution in [0.3, 0.4) is 0 Å². The summed E-state index contributed by atoms with van der Waals surface area (Å²) in [6, 6.07) is 0.831. The zero-order valence-corrected chi connectivity index (χ0v) is 13.5. The summed E-state index contributed by atoms with van der Waals surface area (Å²) in [4.78, 5) is 18.9. The third kappa shape index (κ3) is 3.46. The van der Waals surface area contributed by atoms with E-state index < -0.39 is 0 Å². The maximum atomic E-state index is 11.7. The quantitative estimate of drug-likeness (QED) is 0.799. The Labute approximate surface area is 130 Å². The molecule has 1 aromatic rings. The van der Waals surface area contributed by atoms with E-state index in [0.717, 1.165) is 11.0 Å². The normalized spacial score (nSPS) is 21.8. The Hall–Kier alpha value is -0.940. The first-order chi connectivity index (χ1) is 10.3. The van der Waals surface area contributed by atoms with E-state index in [4.69, 9.17) is 4.74 Å². The third-order valence-corrected chi connectivity index (χ3v) is 5.73. The van der Waals surface area contributed by atoms with Crippen LogP contribution in [0.25, 0.3) is 0 Å². The maximum Gasteiger partial charge on any atom is 0.357 e. The molecule has 2 aliphatic rings. The van der Waals surface area contributed by atoms with Crippen LogP contribution < -0.4 is 0 Å². The van der Waals surface area contributed by atoms with Crippen LogP contribution in [0.5, 0.6) is 0 Å². The van der Waals surface area contributed by atoms with Crippen molar-refractivity contribution in [3.63, 3.8) is 0 Å². The molecule has 116 valence electrons. The number of likely N-dealkylation sites (tertiary alicyclic amines) is 1. The Balaban J connectivity index is 1.55. The van der Waals surface area contributed by atoms with E-state index in [-0.39, 0.29) is 5.97 Å². The fourth-order valence-electron chi connectivity index (χ4n) is 3.55. The summed E-state index contributed by atoms with van der Waals surface area (Å²) in [5, 5.41) is 2.96. The van der Waals surface area contributed by atoms with Gasteiger partial charge < -0.3 is 9.64 Å². The van der Waals surface area contributed by atoms with E-state index in [2.05, 4.69) is 9.88 Å². The summed E-state index contributed by atoms with van der Waals surface area (Å²) in [7, 11) is 0. The smallest absolute Gasteiger partial charge is 0.357 e. The lowest BCUT2D eigenvalue weighted by Gasteiger charge is -2.35. The second-order valence-electron chi connectivity index (χ2n) is 6.04. The highest BCUT2D eigenvalue weighted by Crippen LogP contribution is 2.33. The molecule has 0 atom stereocenters. The summed E-state index contributed by atoms with van der Waals surface area (Å²) in [5.74, 6) is 0.235. The van der Waals surface area contributed by atoms with Crippen molar-refractivity contribution in [2.45, 2.75) is 57.4 Å². The average Bonchev–Trinajstić information content (AvgIpc) is 3.19. The van der Waals surface area contributed by atoms with Crippen molar-refractivity contribution >= 4 is 17.3 Å². The molecule has 1 saturated carbocycles. The Bertz CT molecular complexity index is 474. The molecule has 4 nitrogen and oxygen atoms in total. The molecular weight excluding hydrogens is 284 g/mol. The van der Waals surface area contributed by atoms with Crippen molar-refractivity contribution in [2.75, 3.05) is 19.7 Å². The van der Waals surface area contributed by atoms with Crippen LogP contribution in [0.1, 0.15) is 66.9 Å². The lowest BCUT2D eigenvalue weighted by molar-refractivity contribution is 0.0520. The van der Waals surface area contributed by atoms with Crippen molar-refractivity contribution in [3.05, 3.63) is 16.1 Å². The summed E-state index contributed by atoms with van der Waals surface area (Å²) in [6.45, 7) is 4.60. The minimum absolute atomic E-state index is 0.289. The minimum atomic E-state index is -0.289. The SMILES string of the molecule is CCOC(=O)c1csc(C2CCN(C3CCCC3)CC2)n1. The molecule has 1 saturated heterocycles. The van der Waals surface area contributed by atoms with Gasteiger partial charge in [-0.15, -0.1) is 11.3 Å². The molecule has 1 aliphatic carbocycles. The molecule has 0 N–H and O–H groups in total. The van der Waals surface area contributed by atoms with E-state index in [1.165, 1.54) is 51.6 Å². The van der Waals surface area contributed by atoms with E-state index in [1.807, 2.05) is 12.3 Å². The van der Waals surface area contributed by atoms with Gasteiger partial charge in [-0.2, -0.15) is 0 Å². The van der Waals surface area contributed by atoms with Crippen LogP contribution in [0, 0.1) is 0 Å². The van der Waals surface area contributed by atoms with E-state index >= 15 is 0 Å². The van der Waals surface area contributed by atoms with Crippen LogP contribution in [-0.4, -0.2) is 41.6 Å². The number of hydrogen-bond acceptors (Lipinski definition) is 5. The van der Waals surface area contributed by atoms with Gasteiger partial charge in [0.05, 0.1) is 11.6 Å². The van der Waals surface area contributed by atoms with Gasteiger partial charge in [0.25, 0.3) is 0 Å². The maximum absolute atomic E-state index is 11.7. The van der Waals surface area contributed by atoms with Crippen molar-refractivity contribution in [1.82, 2.24) is 9.88 Å². The second-order valence-corrected chi connectivity index (χ2v) is 6.93. The summed E-state index contributed by atoms with van der Waals surface area (Å²) in [6.07, 6.45) is 7.92. The topological polar surface area (TPSA) is 42.4 Å². The number of piperidine rings is 1. The molecule has 0 spiro atoms. The lowest BCUT2D eigenvalue weighted by Crippen LogP contribution is -2.39. The van der Waals surface area contributed by atoms with Crippen LogP contribution in [0.2, 0.25) is 0 Å². The van der Waals surface area contributed by atoms with Crippen LogP contribution in [-0.2, 0) is 4.74 Å². The zero-order valence-electron chi connectivity index (χ0n) is 12.7. The van der Waals surface area contributed by atoms with Crippen LogP contribution in [0.4, 0.5) is 0 Å². The number of nitrogens with zero attached hydrogens (tertiary/aromatic N) is 2. The fourth-order valence-corrected chi connectivity index (χ4v) is 4.52. The highest BCUT2D eigenvalue weighted by molar-refractivity contribution is 7.09. The molecular formula is C16H24N2O2S. The molecule has 5 heteroatoms. The number of thiazole rings is 1. The van der Waals surface area contributed by atoms with Gasteiger partial charge in [-0.05, 0) is 45.7 Å². The number of aromatic nitrogens is 1. The molecule has 0 bridgehead atoms. The molecule has 0 unspecified atom stereocenters. The second kappa shape index (κ2) is 6.88. The predicted octanol–water partition coefficient (Wildman–Crippen LogP) is 3.44. The Morgan fingerprint density at radius 3 is 2.71 bits per heavy atom. The molecule has 1 aromatic heterocycles. The van der Waals surface area contributed by atoms with Crippen molar-refractivity contribution < 1.29 is 9.53 Å². The first-order valence-electron chi connectivity index (χ1n) is 8.14. The Kier molecular flexibility index (Phi) is 4.91. The number of rotatable bonds is 4. The van der Waals surface area contributed by atoms with Crippen molar-refractivity contribution in [1.29, 1.82) is 0 Å². The van der Waals surface area contributed by atoms with Gasteiger partial charge in [-0.25, -0.2) is 9.78 Å². The molecule has 0 radical (unpaired) electrons. The third-order valence-electron chi connectivity index (χ3n) is 4.73. The molecule has 2 heterocycles. The van der Waals surface area contributed by atoms with Gasteiger partial charge in [-0.1, -0.05) is 12.8 Å². The van der Waals surface area contributed by atoms with Gasteiger partial charge in [0.1, 0.15) is 0 Å². The van der Waals surface area contributed by atoms with E-state index in [0.29, 0.717) is 18.2 Å². The van der Waals surface area contributed by atoms with Crippen molar-refractivity contribution in [3.8, 4) is 0 Å². The molecule has 0 amide bonds. The fraction of sp³-hybridized carbons (Fsp3) is 0.750. The monoisotopic (exact) mass is 308 g/mol. The number of esters is 1. The molecule has 21 heavy (non-hydrogen) atoms. The highest BCUT2D eigenvalue weighted by Gasteiger charge is 2.29. The predicted molar refractivity (Wildman–Crippen MR) is 83.9 cm³/mol. The van der Waals surface area contributed by atoms with Crippen LogP contribution in [0.15, 0.2) is 5.38 Å². The number of hydrogen-bond donors (Lipinski definition) is 0. The Morgan fingerprint density at radius 2 is 2.05 bits per heavy atom. The van der Waals surface area contributed by atoms with Gasteiger partial charge in [0.2, 0.25) is 0 Å². The molecule has 0 aromatic carbocycles. The summed E-state index contributed by atoms with van der Waals surface area (Å²) >= 11 is 1.61. The highest BCUT2D eigenvalue weighted by atomic mass is 32.1. The number of carbonyl (C=O) groups excluding carboxylic acids is 1. The van der Waals surface area contributed by atoms with Gasteiger partial charge >= 0.3 is 5.97 Å². The van der Waals surface area contributed by atoms with E-state index in [9.17, 15) is 4.79 Å². The summed E-state index contributed by atoms with van der Waals surface area (Å²) < 4.78 is 5.01. The largest absolute Gasteiger partial charge is 0.461 e. The van der Waals surface area contributed by atoms with Gasteiger partial charge in [0, 0.05) is 17.3 Å². The van der Waals surface area contributed by atoms with Gasteiger partial charge in [0.15, 0.2) is 5.69 Å². The first-order valence-corrected chi connectivity index (χ1v) is 9.02. The Morgan fingerprint density at radius 1 is 1.33 bits per heavy atom. The van der Waals surface area contributed by atoms with Gasteiger partial charge in [-0.3, -0.25) is 0 Å². The minimum Gasteiger partial charge on any atom is -0.461 e. The average molecular weight is 308 g/mol. The first kappa shape index (κ1) is 15.0. The van der Waals surface area contributed by atoms with Crippen molar-refractivity contribution in [2.24, 2.45) is 0 Å².